The van der Waals surface area contributed by atoms with Crippen molar-refractivity contribution in [2.75, 3.05) is 13.7 Å². The summed E-state index contributed by atoms with van der Waals surface area (Å²) in [6.45, 7) is 2.51. The van der Waals surface area contributed by atoms with Crippen molar-refractivity contribution in [1.29, 1.82) is 0 Å². The van der Waals surface area contributed by atoms with Crippen LogP contribution in [0.25, 0.3) is 16.7 Å². The molecule has 0 aliphatic heterocycles. The summed E-state index contributed by atoms with van der Waals surface area (Å²) in [5.74, 6) is 1.50. The standard InChI is InChI=1S/C15H20N6O.2ClH/c1-9-19-20-15-13(10(17)5-4-8-16)18-14-11(21(9)15)6-3-7-12(14)22-2;;/h3,6-7,10H,4-5,8,16-17H2,1-2H3;2*1H. The van der Waals surface area contributed by atoms with Gasteiger partial charge in [0.1, 0.15) is 22.8 Å². The van der Waals surface area contributed by atoms with E-state index >= 15 is 0 Å². The highest BCUT2D eigenvalue weighted by atomic mass is 35.5. The molecule has 1 unspecified atom stereocenters. The van der Waals surface area contributed by atoms with E-state index in [0.717, 1.165) is 35.4 Å². The van der Waals surface area contributed by atoms with Crippen LogP contribution >= 0.6 is 24.8 Å². The summed E-state index contributed by atoms with van der Waals surface area (Å²) in [5.41, 5.74) is 15.0. The average molecular weight is 373 g/mol. The van der Waals surface area contributed by atoms with Crippen molar-refractivity contribution in [2.24, 2.45) is 11.5 Å². The number of aromatic nitrogens is 4. The molecular formula is C15H22Cl2N6O. The van der Waals surface area contributed by atoms with E-state index in [1.165, 1.54) is 0 Å². The van der Waals surface area contributed by atoms with Crippen LogP contribution in [-0.2, 0) is 0 Å². The Labute approximate surface area is 152 Å². The number of methoxy groups -OCH3 is 1. The van der Waals surface area contributed by atoms with E-state index < -0.39 is 0 Å². The maximum absolute atomic E-state index is 6.30. The molecule has 3 aromatic rings. The normalized spacial score (nSPS) is 11.8. The van der Waals surface area contributed by atoms with E-state index in [9.17, 15) is 0 Å². The maximum atomic E-state index is 6.30. The zero-order chi connectivity index (χ0) is 15.7. The lowest BCUT2D eigenvalue weighted by atomic mass is 10.1. The number of hydrogen-bond acceptors (Lipinski definition) is 6. The summed E-state index contributed by atoms with van der Waals surface area (Å²) in [7, 11) is 1.63. The number of fused-ring (bicyclic) bond motifs is 3. The fraction of sp³-hybridized carbons (Fsp3) is 0.400. The van der Waals surface area contributed by atoms with Crippen LogP contribution in [-0.4, -0.2) is 33.2 Å². The molecule has 1 atom stereocenters. The number of para-hydroxylation sites is 1. The molecule has 0 radical (unpaired) electrons. The Kier molecular flexibility index (Phi) is 7.16. The first kappa shape index (κ1) is 20.4. The third kappa shape index (κ3) is 3.39. The molecule has 0 spiro atoms. The van der Waals surface area contributed by atoms with E-state index in [2.05, 4.69) is 10.2 Å². The van der Waals surface area contributed by atoms with Gasteiger partial charge in [-0.3, -0.25) is 4.40 Å². The largest absolute Gasteiger partial charge is 0.494 e. The number of rotatable bonds is 5. The van der Waals surface area contributed by atoms with Gasteiger partial charge in [0.25, 0.3) is 0 Å². The molecule has 3 rings (SSSR count). The lowest BCUT2D eigenvalue weighted by Gasteiger charge is -2.14. The molecule has 0 fully saturated rings. The number of benzene rings is 1. The van der Waals surface area contributed by atoms with Gasteiger partial charge in [0.05, 0.1) is 18.7 Å². The number of aryl methyl sites for hydroxylation is 1. The molecule has 0 bridgehead atoms. The molecule has 0 saturated carbocycles. The van der Waals surface area contributed by atoms with Crippen LogP contribution < -0.4 is 16.2 Å². The Morgan fingerprint density at radius 2 is 2.00 bits per heavy atom. The van der Waals surface area contributed by atoms with Gasteiger partial charge in [-0.15, -0.1) is 35.0 Å². The predicted molar refractivity (Wildman–Crippen MR) is 99.3 cm³/mol. The van der Waals surface area contributed by atoms with Crippen molar-refractivity contribution < 1.29 is 4.74 Å². The molecule has 0 saturated heterocycles. The molecule has 0 aliphatic rings. The fourth-order valence-electron chi connectivity index (χ4n) is 2.68. The van der Waals surface area contributed by atoms with E-state index in [-0.39, 0.29) is 30.9 Å². The summed E-state index contributed by atoms with van der Waals surface area (Å²) in [6, 6.07) is 5.55. The minimum absolute atomic E-state index is 0. The summed E-state index contributed by atoms with van der Waals surface area (Å²) >= 11 is 0. The molecule has 7 nitrogen and oxygen atoms in total. The summed E-state index contributed by atoms with van der Waals surface area (Å²) < 4.78 is 7.41. The molecule has 0 amide bonds. The highest BCUT2D eigenvalue weighted by Crippen LogP contribution is 2.28. The molecule has 2 aromatic heterocycles. The minimum Gasteiger partial charge on any atom is -0.494 e. The van der Waals surface area contributed by atoms with Crippen molar-refractivity contribution in [2.45, 2.75) is 25.8 Å². The first-order chi connectivity index (χ1) is 10.7. The highest BCUT2D eigenvalue weighted by molar-refractivity contribution is 5.86. The van der Waals surface area contributed by atoms with Crippen LogP contribution in [0.4, 0.5) is 0 Å². The second kappa shape index (κ2) is 8.43. The number of halogens is 2. The van der Waals surface area contributed by atoms with Crippen LogP contribution in [0.2, 0.25) is 0 Å². The van der Waals surface area contributed by atoms with Gasteiger partial charge in [0, 0.05) is 0 Å². The van der Waals surface area contributed by atoms with E-state index in [1.807, 2.05) is 29.5 Å². The van der Waals surface area contributed by atoms with Gasteiger partial charge in [-0.2, -0.15) is 0 Å². The molecule has 2 heterocycles. The molecule has 132 valence electrons. The second-order valence-corrected chi connectivity index (χ2v) is 5.27. The Hall–Kier alpha value is -1.67. The van der Waals surface area contributed by atoms with Crippen LogP contribution in [0.1, 0.15) is 30.4 Å². The fourth-order valence-corrected chi connectivity index (χ4v) is 2.68. The Morgan fingerprint density at radius 3 is 2.67 bits per heavy atom. The zero-order valence-electron chi connectivity index (χ0n) is 13.6. The van der Waals surface area contributed by atoms with Crippen molar-refractivity contribution in [1.82, 2.24) is 19.6 Å². The molecular weight excluding hydrogens is 351 g/mol. The first-order valence-corrected chi connectivity index (χ1v) is 7.31. The van der Waals surface area contributed by atoms with Crippen LogP contribution in [0.5, 0.6) is 5.75 Å². The Bertz CT molecular complexity index is 822. The van der Waals surface area contributed by atoms with Gasteiger partial charge >= 0.3 is 0 Å². The highest BCUT2D eigenvalue weighted by Gasteiger charge is 2.19. The monoisotopic (exact) mass is 372 g/mol. The van der Waals surface area contributed by atoms with Crippen molar-refractivity contribution in [3.05, 3.63) is 29.7 Å². The third-order valence-corrected chi connectivity index (χ3v) is 3.80. The van der Waals surface area contributed by atoms with Gasteiger partial charge in [-0.05, 0) is 38.4 Å². The van der Waals surface area contributed by atoms with Gasteiger partial charge in [0.2, 0.25) is 0 Å². The number of nitrogens with zero attached hydrogens (tertiary/aromatic N) is 4. The van der Waals surface area contributed by atoms with E-state index in [0.29, 0.717) is 17.9 Å². The average Bonchev–Trinajstić information content (AvgIpc) is 2.93. The number of ether oxygens (including phenoxy) is 1. The Morgan fingerprint density at radius 1 is 1.25 bits per heavy atom. The third-order valence-electron chi connectivity index (χ3n) is 3.80. The quantitative estimate of drug-likeness (QED) is 0.710. The van der Waals surface area contributed by atoms with Crippen molar-refractivity contribution >= 4 is 41.5 Å². The van der Waals surface area contributed by atoms with Gasteiger partial charge in [-0.1, -0.05) is 6.07 Å². The predicted octanol–water partition coefficient (Wildman–Crippen LogP) is 2.18. The van der Waals surface area contributed by atoms with Crippen LogP contribution in [0.15, 0.2) is 18.2 Å². The SMILES string of the molecule is COc1cccc2c1nc(C(N)CCCN)c1nnc(C)n12.Cl.Cl. The van der Waals surface area contributed by atoms with E-state index in [4.69, 9.17) is 21.2 Å². The number of nitrogens with two attached hydrogens (primary N) is 2. The lowest BCUT2D eigenvalue weighted by Crippen LogP contribution is -2.16. The lowest BCUT2D eigenvalue weighted by molar-refractivity contribution is 0.418. The summed E-state index contributed by atoms with van der Waals surface area (Å²) in [6.07, 6.45) is 1.60. The molecule has 24 heavy (non-hydrogen) atoms. The smallest absolute Gasteiger partial charge is 0.184 e. The van der Waals surface area contributed by atoms with Crippen LogP contribution in [0.3, 0.4) is 0 Å². The van der Waals surface area contributed by atoms with Gasteiger partial charge < -0.3 is 16.2 Å². The summed E-state index contributed by atoms with van der Waals surface area (Å²) in [5, 5.41) is 8.43. The molecule has 9 heteroatoms. The van der Waals surface area contributed by atoms with Gasteiger partial charge in [0.15, 0.2) is 5.65 Å². The van der Waals surface area contributed by atoms with E-state index in [1.54, 1.807) is 7.11 Å². The topological polar surface area (TPSA) is 104 Å². The number of hydrogen-bond donors (Lipinski definition) is 2. The maximum Gasteiger partial charge on any atom is 0.184 e. The molecule has 4 N–H and O–H groups in total. The molecule has 0 aliphatic carbocycles. The second-order valence-electron chi connectivity index (χ2n) is 5.27. The summed E-state index contributed by atoms with van der Waals surface area (Å²) in [4.78, 5) is 4.73. The minimum atomic E-state index is -0.232. The Balaban J connectivity index is 0.00000144. The first-order valence-electron chi connectivity index (χ1n) is 7.31. The van der Waals surface area contributed by atoms with Crippen molar-refractivity contribution in [3.63, 3.8) is 0 Å². The van der Waals surface area contributed by atoms with Crippen molar-refractivity contribution in [3.8, 4) is 5.75 Å². The zero-order valence-corrected chi connectivity index (χ0v) is 15.2. The van der Waals surface area contributed by atoms with Crippen LogP contribution in [0, 0.1) is 6.92 Å². The molecule has 1 aromatic carbocycles. The van der Waals surface area contributed by atoms with Gasteiger partial charge in [-0.25, -0.2) is 4.98 Å².